The molecule has 0 spiro atoms. The zero-order valence-electron chi connectivity index (χ0n) is 11.7. The third-order valence-corrected chi connectivity index (χ3v) is 3.84. The van der Waals surface area contributed by atoms with Gasteiger partial charge in [-0.15, -0.1) is 0 Å². The van der Waals surface area contributed by atoms with E-state index in [0.717, 1.165) is 15.6 Å². The molecule has 1 atom stereocenters. The van der Waals surface area contributed by atoms with Gasteiger partial charge in [0.25, 0.3) is 0 Å². The minimum absolute atomic E-state index is 0.186. The molecule has 2 aromatic carbocycles. The fraction of sp³-hybridized carbons (Fsp3) is 0.250. The summed E-state index contributed by atoms with van der Waals surface area (Å²) in [5, 5.41) is 3.18. The van der Waals surface area contributed by atoms with E-state index in [1.807, 2.05) is 32.2 Å². The number of hydrogen-bond acceptors (Lipinski definition) is 2. The third-order valence-electron chi connectivity index (χ3n) is 3.35. The minimum atomic E-state index is -0.272. The molecule has 4 heteroatoms. The Morgan fingerprint density at radius 3 is 2.40 bits per heavy atom. The summed E-state index contributed by atoms with van der Waals surface area (Å²) < 4.78 is 20.3. The van der Waals surface area contributed by atoms with Crippen LogP contribution < -0.4 is 10.1 Å². The maximum Gasteiger partial charge on any atom is 0.132 e. The highest BCUT2D eigenvalue weighted by atomic mass is 79.9. The van der Waals surface area contributed by atoms with Crippen LogP contribution in [0.25, 0.3) is 0 Å². The zero-order chi connectivity index (χ0) is 14.7. The predicted octanol–water partition coefficient (Wildman–Crippen LogP) is 4.21. The van der Waals surface area contributed by atoms with Gasteiger partial charge in [-0.25, -0.2) is 4.39 Å². The SMILES string of the molecule is CNC(c1ccc(Br)cc1C)c1ccc(OC)cc1F. The number of rotatable bonds is 4. The molecule has 0 radical (unpaired) electrons. The lowest BCUT2D eigenvalue weighted by atomic mass is 9.94. The van der Waals surface area contributed by atoms with Crippen molar-refractivity contribution in [2.75, 3.05) is 14.2 Å². The number of benzene rings is 2. The molecule has 2 rings (SSSR count). The number of hydrogen-bond donors (Lipinski definition) is 1. The summed E-state index contributed by atoms with van der Waals surface area (Å²) in [6.07, 6.45) is 0. The summed E-state index contributed by atoms with van der Waals surface area (Å²) in [7, 11) is 3.36. The van der Waals surface area contributed by atoms with E-state index in [0.29, 0.717) is 11.3 Å². The second-order valence-electron chi connectivity index (χ2n) is 4.61. The number of methoxy groups -OCH3 is 1. The number of halogens is 2. The molecule has 0 aliphatic rings. The van der Waals surface area contributed by atoms with Crippen LogP contribution in [0.2, 0.25) is 0 Å². The van der Waals surface area contributed by atoms with Crippen molar-refractivity contribution in [3.63, 3.8) is 0 Å². The Morgan fingerprint density at radius 2 is 1.85 bits per heavy atom. The maximum absolute atomic E-state index is 14.2. The molecular weight excluding hydrogens is 321 g/mol. The molecule has 0 amide bonds. The van der Waals surface area contributed by atoms with E-state index in [2.05, 4.69) is 21.2 Å². The van der Waals surface area contributed by atoms with Crippen LogP contribution in [0.15, 0.2) is 40.9 Å². The smallest absolute Gasteiger partial charge is 0.132 e. The van der Waals surface area contributed by atoms with Gasteiger partial charge < -0.3 is 10.1 Å². The van der Waals surface area contributed by atoms with E-state index in [9.17, 15) is 4.39 Å². The van der Waals surface area contributed by atoms with Crippen LogP contribution in [0.4, 0.5) is 4.39 Å². The van der Waals surface area contributed by atoms with Crippen LogP contribution in [0.3, 0.4) is 0 Å². The first-order valence-electron chi connectivity index (χ1n) is 6.33. The van der Waals surface area contributed by atoms with Gasteiger partial charge in [0.2, 0.25) is 0 Å². The second kappa shape index (κ2) is 6.37. The van der Waals surface area contributed by atoms with Crippen molar-refractivity contribution in [1.29, 1.82) is 0 Å². The van der Waals surface area contributed by atoms with Gasteiger partial charge in [-0.1, -0.05) is 28.1 Å². The third kappa shape index (κ3) is 3.02. The highest BCUT2D eigenvalue weighted by molar-refractivity contribution is 9.10. The van der Waals surface area contributed by atoms with Gasteiger partial charge in [-0.2, -0.15) is 0 Å². The first-order valence-corrected chi connectivity index (χ1v) is 7.13. The quantitative estimate of drug-likeness (QED) is 0.902. The Morgan fingerprint density at radius 1 is 1.15 bits per heavy atom. The van der Waals surface area contributed by atoms with Gasteiger partial charge >= 0.3 is 0 Å². The molecule has 1 N–H and O–H groups in total. The number of nitrogens with one attached hydrogen (secondary N) is 1. The van der Waals surface area contributed by atoms with Gasteiger partial charge in [-0.3, -0.25) is 0 Å². The molecule has 20 heavy (non-hydrogen) atoms. The first kappa shape index (κ1) is 15.0. The molecule has 0 aromatic heterocycles. The summed E-state index contributed by atoms with van der Waals surface area (Å²) in [6, 6.07) is 10.8. The van der Waals surface area contributed by atoms with Gasteiger partial charge in [0.05, 0.1) is 13.2 Å². The van der Waals surface area contributed by atoms with Crippen LogP contribution in [0, 0.1) is 12.7 Å². The molecule has 2 aromatic rings. The molecule has 0 aliphatic heterocycles. The van der Waals surface area contributed by atoms with Gasteiger partial charge in [0.1, 0.15) is 11.6 Å². The largest absolute Gasteiger partial charge is 0.497 e. The van der Waals surface area contributed by atoms with Crippen molar-refractivity contribution in [2.24, 2.45) is 0 Å². The van der Waals surface area contributed by atoms with Crippen LogP contribution in [0.5, 0.6) is 5.75 Å². The van der Waals surface area contributed by atoms with E-state index in [1.54, 1.807) is 12.1 Å². The maximum atomic E-state index is 14.2. The van der Waals surface area contributed by atoms with E-state index in [-0.39, 0.29) is 11.9 Å². The Hall–Kier alpha value is -1.39. The van der Waals surface area contributed by atoms with E-state index >= 15 is 0 Å². The minimum Gasteiger partial charge on any atom is -0.497 e. The van der Waals surface area contributed by atoms with Gasteiger partial charge in [-0.05, 0) is 43.3 Å². The van der Waals surface area contributed by atoms with Crippen molar-refractivity contribution < 1.29 is 9.13 Å². The summed E-state index contributed by atoms with van der Waals surface area (Å²) in [6.45, 7) is 2.02. The Bertz CT molecular complexity index is 615. The summed E-state index contributed by atoms with van der Waals surface area (Å²) in [5.74, 6) is 0.250. The summed E-state index contributed by atoms with van der Waals surface area (Å²) >= 11 is 3.45. The van der Waals surface area contributed by atoms with Crippen LogP contribution in [-0.2, 0) is 0 Å². The van der Waals surface area contributed by atoms with Gasteiger partial charge in [0.15, 0.2) is 0 Å². The predicted molar refractivity (Wildman–Crippen MR) is 82.7 cm³/mol. The molecule has 0 saturated carbocycles. The molecule has 0 heterocycles. The van der Waals surface area contributed by atoms with Crippen molar-refractivity contribution in [3.05, 3.63) is 63.4 Å². The van der Waals surface area contributed by atoms with Crippen molar-refractivity contribution in [3.8, 4) is 5.75 Å². The molecule has 0 aliphatic carbocycles. The molecule has 0 fully saturated rings. The summed E-state index contributed by atoms with van der Waals surface area (Å²) in [5.41, 5.74) is 2.77. The monoisotopic (exact) mass is 337 g/mol. The normalized spacial score (nSPS) is 12.2. The lowest BCUT2D eigenvalue weighted by Crippen LogP contribution is -2.20. The number of aryl methyl sites for hydroxylation is 1. The molecule has 106 valence electrons. The lowest BCUT2D eigenvalue weighted by Gasteiger charge is -2.20. The highest BCUT2D eigenvalue weighted by Crippen LogP contribution is 2.29. The summed E-state index contributed by atoms with van der Waals surface area (Å²) in [4.78, 5) is 0. The second-order valence-corrected chi connectivity index (χ2v) is 5.53. The fourth-order valence-electron chi connectivity index (χ4n) is 2.31. The average Bonchev–Trinajstić information content (AvgIpc) is 2.43. The van der Waals surface area contributed by atoms with Crippen molar-refractivity contribution >= 4 is 15.9 Å². The molecule has 1 unspecified atom stereocenters. The van der Waals surface area contributed by atoms with E-state index in [1.165, 1.54) is 13.2 Å². The van der Waals surface area contributed by atoms with Crippen LogP contribution in [0.1, 0.15) is 22.7 Å². The molecule has 2 nitrogen and oxygen atoms in total. The Balaban J connectivity index is 2.47. The van der Waals surface area contributed by atoms with Crippen molar-refractivity contribution in [1.82, 2.24) is 5.32 Å². The number of ether oxygens (including phenoxy) is 1. The Labute approximate surface area is 127 Å². The molecule has 0 saturated heterocycles. The molecule has 0 bridgehead atoms. The standard InChI is InChI=1S/C16H17BrFNO/c1-10-8-11(17)4-6-13(10)16(19-2)14-7-5-12(20-3)9-15(14)18/h4-9,16,19H,1-3H3. The average molecular weight is 338 g/mol. The highest BCUT2D eigenvalue weighted by Gasteiger charge is 2.18. The Kier molecular flexibility index (Phi) is 4.78. The van der Waals surface area contributed by atoms with Crippen LogP contribution >= 0.6 is 15.9 Å². The molecular formula is C16H17BrFNO. The fourth-order valence-corrected chi connectivity index (χ4v) is 2.79. The van der Waals surface area contributed by atoms with E-state index in [4.69, 9.17) is 4.74 Å². The topological polar surface area (TPSA) is 21.3 Å². The van der Waals surface area contributed by atoms with E-state index < -0.39 is 0 Å². The van der Waals surface area contributed by atoms with Crippen LogP contribution in [-0.4, -0.2) is 14.2 Å². The van der Waals surface area contributed by atoms with Crippen molar-refractivity contribution in [2.45, 2.75) is 13.0 Å². The zero-order valence-corrected chi connectivity index (χ0v) is 13.3. The van der Waals surface area contributed by atoms with Gasteiger partial charge in [0, 0.05) is 16.1 Å². The first-order chi connectivity index (χ1) is 9.56. The lowest BCUT2D eigenvalue weighted by molar-refractivity contribution is 0.410.